The van der Waals surface area contributed by atoms with Crippen LogP contribution in [0.2, 0.25) is 0 Å². The first kappa shape index (κ1) is 27.2. The number of Topliss-reactive ketones (excluding diaryl/α,β-unsaturated/α-hetero) is 3. The molecule has 0 spiro atoms. The molecule has 0 amide bonds. The zero-order valence-corrected chi connectivity index (χ0v) is 18.5. The van der Waals surface area contributed by atoms with Crippen molar-refractivity contribution >= 4 is 17.3 Å². The van der Waals surface area contributed by atoms with Crippen LogP contribution in [-0.2, 0) is 0 Å². The Kier molecular flexibility index (Phi) is 13.8. The van der Waals surface area contributed by atoms with Gasteiger partial charge in [0.2, 0.25) is 0 Å². The van der Waals surface area contributed by atoms with Crippen LogP contribution < -0.4 is 0 Å². The molecule has 1 rings (SSSR count). The van der Waals surface area contributed by atoms with E-state index in [9.17, 15) is 14.4 Å². The summed E-state index contributed by atoms with van der Waals surface area (Å²) in [6.45, 7) is 0.910. The van der Waals surface area contributed by atoms with Crippen molar-refractivity contribution in [2.75, 3.05) is 19.6 Å². The summed E-state index contributed by atoms with van der Waals surface area (Å²) in [5.74, 6) is -0.566. The Bertz CT molecular complexity index is 837. The quantitative estimate of drug-likeness (QED) is 0.0786. The Hall–Kier alpha value is -3.84. The fraction of sp³-hybridized carbons (Fsp3) is 0.571. The smallest absolute Gasteiger partial charge is 0.162 e. The van der Waals surface area contributed by atoms with Gasteiger partial charge in [-0.15, -0.1) is 0 Å². The average molecular weight is 454 g/mol. The van der Waals surface area contributed by atoms with Crippen LogP contribution in [0.1, 0.15) is 88.9 Å². The van der Waals surface area contributed by atoms with Crippen molar-refractivity contribution in [1.82, 2.24) is 0 Å². The molecule has 0 aliphatic heterocycles. The zero-order valence-electron chi connectivity index (χ0n) is 18.5. The highest BCUT2D eigenvalue weighted by molar-refractivity contribution is 6.06. The van der Waals surface area contributed by atoms with E-state index in [0.29, 0.717) is 74.8 Å². The summed E-state index contributed by atoms with van der Waals surface area (Å²) in [5.41, 5.74) is 25.8. The molecule has 0 unspecified atom stereocenters. The fourth-order valence-electron chi connectivity index (χ4n) is 3.08. The maximum atomic E-state index is 12.7. The summed E-state index contributed by atoms with van der Waals surface area (Å²) in [6, 6.07) is 4.55. The third-order valence-electron chi connectivity index (χ3n) is 4.82. The summed E-state index contributed by atoms with van der Waals surface area (Å²) in [6.07, 6.45) is 3.91. The van der Waals surface area contributed by atoms with Gasteiger partial charge in [0.1, 0.15) is 0 Å². The number of nitrogens with zero attached hydrogens (tertiary/aromatic N) is 9. The number of carbonyl (C=O) groups is 3. The van der Waals surface area contributed by atoms with Crippen molar-refractivity contribution in [3.63, 3.8) is 0 Å². The second-order valence-corrected chi connectivity index (χ2v) is 7.30. The summed E-state index contributed by atoms with van der Waals surface area (Å²) in [4.78, 5) is 46.0. The minimum atomic E-state index is -0.189. The molecule has 0 heterocycles. The number of hydrogen-bond acceptors (Lipinski definition) is 6. The number of carbonyl (C=O) groups excluding carboxylic acids is 3. The van der Waals surface area contributed by atoms with Crippen molar-refractivity contribution in [3.05, 3.63) is 66.2 Å². The van der Waals surface area contributed by atoms with Crippen molar-refractivity contribution in [1.29, 1.82) is 0 Å². The Morgan fingerprint density at radius 3 is 1.06 bits per heavy atom. The van der Waals surface area contributed by atoms with Crippen LogP contribution in [0.25, 0.3) is 31.3 Å². The molecule has 0 atom stereocenters. The van der Waals surface area contributed by atoms with Gasteiger partial charge in [0.05, 0.1) is 0 Å². The normalized spacial score (nSPS) is 9.82. The average Bonchev–Trinajstić information content (AvgIpc) is 2.83. The minimum absolute atomic E-state index is 0.189. The van der Waals surface area contributed by atoms with Crippen LogP contribution in [0, 0.1) is 0 Å². The van der Waals surface area contributed by atoms with Gasteiger partial charge in [-0.05, 0) is 73.3 Å². The van der Waals surface area contributed by atoms with Gasteiger partial charge in [0.25, 0.3) is 0 Å². The highest BCUT2D eigenvalue weighted by Crippen LogP contribution is 2.18. The highest BCUT2D eigenvalue weighted by atomic mass is 16.1. The summed E-state index contributed by atoms with van der Waals surface area (Å²) < 4.78 is 0. The van der Waals surface area contributed by atoms with Crippen LogP contribution in [0.15, 0.2) is 33.5 Å². The van der Waals surface area contributed by atoms with E-state index in [-0.39, 0.29) is 36.6 Å². The Labute approximate surface area is 191 Å². The molecule has 33 heavy (non-hydrogen) atoms. The van der Waals surface area contributed by atoms with Gasteiger partial charge in [-0.1, -0.05) is 15.3 Å². The molecule has 1 aromatic carbocycles. The lowest BCUT2D eigenvalue weighted by atomic mass is 9.94. The van der Waals surface area contributed by atoms with E-state index in [0.717, 1.165) is 0 Å². The van der Waals surface area contributed by atoms with E-state index in [1.165, 1.54) is 18.2 Å². The fourth-order valence-corrected chi connectivity index (χ4v) is 3.08. The van der Waals surface area contributed by atoms with Gasteiger partial charge in [-0.3, -0.25) is 14.4 Å². The molecule has 1 aromatic rings. The van der Waals surface area contributed by atoms with Crippen LogP contribution in [-0.4, -0.2) is 37.0 Å². The van der Waals surface area contributed by atoms with Gasteiger partial charge in [-0.25, -0.2) is 0 Å². The molecular weight excluding hydrogens is 426 g/mol. The van der Waals surface area contributed by atoms with E-state index in [2.05, 4.69) is 30.1 Å². The van der Waals surface area contributed by atoms with E-state index >= 15 is 0 Å². The number of benzene rings is 1. The maximum Gasteiger partial charge on any atom is 0.162 e. The van der Waals surface area contributed by atoms with Gasteiger partial charge in [0, 0.05) is 70.3 Å². The number of hydrogen-bond donors (Lipinski definition) is 0. The van der Waals surface area contributed by atoms with Crippen molar-refractivity contribution in [2.45, 2.75) is 57.8 Å². The topological polar surface area (TPSA) is 197 Å². The highest BCUT2D eigenvalue weighted by Gasteiger charge is 2.16. The molecule has 0 aromatic heterocycles. The number of rotatable bonds is 18. The maximum absolute atomic E-state index is 12.7. The summed E-state index contributed by atoms with van der Waals surface area (Å²) in [5, 5.41) is 10.3. The molecule has 0 fully saturated rings. The molecule has 12 nitrogen and oxygen atoms in total. The molecule has 0 N–H and O–H groups in total. The lowest BCUT2D eigenvalue weighted by Gasteiger charge is -2.09. The number of ketones is 3. The van der Waals surface area contributed by atoms with Crippen LogP contribution >= 0.6 is 0 Å². The number of azide groups is 3. The SMILES string of the molecule is [N-]=[N+]=NCCCCC(=O)c1cc(C(=O)CCCCN=[N+]=[N-])cc(C(=O)CCCCN=[N+]=[N-])c1. The molecular formula is C21H27N9O3. The van der Waals surface area contributed by atoms with E-state index in [1.54, 1.807) is 0 Å². The van der Waals surface area contributed by atoms with Gasteiger partial charge >= 0.3 is 0 Å². The number of unbranched alkanes of at least 4 members (excludes halogenated alkanes) is 3. The summed E-state index contributed by atoms with van der Waals surface area (Å²) >= 11 is 0. The van der Waals surface area contributed by atoms with E-state index in [1.807, 2.05) is 0 Å². The standard InChI is InChI=1S/C21H27N9O3/c22-28-25-10-4-1-7-19(31)16-13-17(20(32)8-2-5-11-26-29-23)15-18(14-16)21(33)9-3-6-12-27-30-24/h13-15H,1-12H2. The predicted molar refractivity (Wildman–Crippen MR) is 123 cm³/mol. The lowest BCUT2D eigenvalue weighted by Crippen LogP contribution is -2.09. The summed E-state index contributed by atoms with van der Waals surface area (Å²) in [7, 11) is 0. The third-order valence-corrected chi connectivity index (χ3v) is 4.82. The molecule has 0 aliphatic rings. The molecule has 0 radical (unpaired) electrons. The Morgan fingerprint density at radius 2 is 0.818 bits per heavy atom. The Morgan fingerprint density at radius 1 is 0.545 bits per heavy atom. The molecule has 12 heteroatoms. The first-order valence-electron chi connectivity index (χ1n) is 10.8. The third kappa shape index (κ3) is 11.4. The lowest BCUT2D eigenvalue weighted by molar-refractivity contribution is 0.0978. The molecule has 0 saturated carbocycles. The van der Waals surface area contributed by atoms with Gasteiger partial charge in [-0.2, -0.15) is 0 Å². The van der Waals surface area contributed by atoms with Crippen molar-refractivity contribution in [2.24, 2.45) is 15.3 Å². The van der Waals surface area contributed by atoms with Crippen LogP contribution in [0.5, 0.6) is 0 Å². The monoisotopic (exact) mass is 453 g/mol. The van der Waals surface area contributed by atoms with Crippen molar-refractivity contribution < 1.29 is 14.4 Å². The van der Waals surface area contributed by atoms with E-state index < -0.39 is 0 Å². The minimum Gasteiger partial charge on any atom is -0.294 e. The first-order valence-corrected chi connectivity index (χ1v) is 10.8. The Balaban J connectivity index is 2.93. The predicted octanol–water partition coefficient (Wildman–Crippen LogP) is 6.68. The molecule has 174 valence electrons. The molecule has 0 bridgehead atoms. The largest absolute Gasteiger partial charge is 0.294 e. The zero-order chi connectivity index (χ0) is 24.3. The molecule has 0 saturated heterocycles. The second kappa shape index (κ2) is 16.8. The van der Waals surface area contributed by atoms with Crippen molar-refractivity contribution in [3.8, 4) is 0 Å². The van der Waals surface area contributed by atoms with Gasteiger partial charge < -0.3 is 0 Å². The van der Waals surface area contributed by atoms with Gasteiger partial charge in [0.15, 0.2) is 17.3 Å². The first-order chi connectivity index (χ1) is 16.0. The van der Waals surface area contributed by atoms with Crippen LogP contribution in [0.4, 0.5) is 0 Å². The van der Waals surface area contributed by atoms with E-state index in [4.69, 9.17) is 16.6 Å². The second-order valence-electron chi connectivity index (χ2n) is 7.30. The van der Waals surface area contributed by atoms with Crippen LogP contribution in [0.3, 0.4) is 0 Å². The molecule has 0 aliphatic carbocycles.